The predicted molar refractivity (Wildman–Crippen MR) is 154 cm³/mol. The smallest absolute Gasteiger partial charge is 0.100 e. The van der Waals surface area contributed by atoms with Crippen molar-refractivity contribution in [1.82, 2.24) is 9.55 Å². The number of thiocarbonyl (C=S) groups is 1. The third kappa shape index (κ3) is 5.12. The van der Waals surface area contributed by atoms with Crippen LogP contribution in [0.3, 0.4) is 0 Å². The van der Waals surface area contributed by atoms with Gasteiger partial charge in [-0.15, -0.1) is 0 Å². The highest BCUT2D eigenvalue weighted by atomic mass is 35.5. The standard InChI is InChI=1S/C28H20Cl3N3S/c1-17-2-6-21(7-3-17)34-16-33-28-23-8-4-18(10-19(23)5-9-27(28)34)14-32-15-22(35)13-24-25(30)11-20(29)12-26(24)31/h2-12,14,16H,13,15H2,1H3. The van der Waals surface area contributed by atoms with Gasteiger partial charge in [-0.25, -0.2) is 4.98 Å². The molecule has 5 aromatic rings. The molecule has 0 radical (unpaired) electrons. The van der Waals surface area contributed by atoms with Gasteiger partial charge in [-0.2, -0.15) is 0 Å². The van der Waals surface area contributed by atoms with E-state index in [-0.39, 0.29) is 0 Å². The average molecular weight is 537 g/mol. The van der Waals surface area contributed by atoms with Crippen LogP contribution < -0.4 is 0 Å². The maximum Gasteiger partial charge on any atom is 0.100 e. The first-order valence-corrected chi connectivity index (χ1v) is 12.5. The zero-order valence-corrected chi connectivity index (χ0v) is 21.9. The van der Waals surface area contributed by atoms with Crippen molar-refractivity contribution < 1.29 is 0 Å². The number of fused-ring (bicyclic) bond motifs is 3. The maximum atomic E-state index is 6.27. The van der Waals surface area contributed by atoms with Gasteiger partial charge in [0.15, 0.2) is 0 Å². The lowest BCUT2D eigenvalue weighted by Gasteiger charge is -2.08. The van der Waals surface area contributed by atoms with Crippen LogP contribution in [0.4, 0.5) is 0 Å². The monoisotopic (exact) mass is 535 g/mol. The number of rotatable bonds is 6. The van der Waals surface area contributed by atoms with Crippen LogP contribution in [0.15, 0.2) is 78.0 Å². The largest absolute Gasteiger partial charge is 0.299 e. The van der Waals surface area contributed by atoms with E-state index in [1.165, 1.54) is 5.56 Å². The number of benzene rings is 4. The normalized spacial score (nSPS) is 11.7. The summed E-state index contributed by atoms with van der Waals surface area (Å²) in [6.45, 7) is 2.49. The Morgan fingerprint density at radius 1 is 0.971 bits per heavy atom. The second-order valence-corrected chi connectivity index (χ2v) is 10.2. The van der Waals surface area contributed by atoms with E-state index in [1.54, 1.807) is 12.1 Å². The van der Waals surface area contributed by atoms with E-state index < -0.39 is 0 Å². The van der Waals surface area contributed by atoms with E-state index in [2.05, 4.69) is 65.0 Å². The Morgan fingerprint density at radius 2 is 1.71 bits per heavy atom. The first-order valence-electron chi connectivity index (χ1n) is 11.0. The van der Waals surface area contributed by atoms with Crippen molar-refractivity contribution in [3.05, 3.63) is 105 Å². The summed E-state index contributed by atoms with van der Waals surface area (Å²) >= 11 is 24.0. The minimum Gasteiger partial charge on any atom is -0.299 e. The van der Waals surface area contributed by atoms with Crippen LogP contribution in [0.2, 0.25) is 15.1 Å². The molecule has 174 valence electrons. The van der Waals surface area contributed by atoms with E-state index >= 15 is 0 Å². The van der Waals surface area contributed by atoms with Gasteiger partial charge < -0.3 is 0 Å². The van der Waals surface area contributed by atoms with E-state index in [4.69, 9.17) is 52.0 Å². The summed E-state index contributed by atoms with van der Waals surface area (Å²) in [5, 5.41) is 3.74. The third-order valence-corrected chi connectivity index (χ3v) is 7.02. The molecule has 1 heterocycles. The highest BCUT2D eigenvalue weighted by molar-refractivity contribution is 7.80. The molecule has 0 atom stereocenters. The lowest BCUT2D eigenvalue weighted by Crippen LogP contribution is -2.05. The van der Waals surface area contributed by atoms with Gasteiger partial charge in [-0.1, -0.05) is 82.9 Å². The molecule has 0 bridgehead atoms. The molecule has 35 heavy (non-hydrogen) atoms. The van der Waals surface area contributed by atoms with Crippen molar-refractivity contribution in [1.29, 1.82) is 0 Å². The topological polar surface area (TPSA) is 30.2 Å². The highest BCUT2D eigenvalue weighted by Gasteiger charge is 2.11. The lowest BCUT2D eigenvalue weighted by atomic mass is 10.1. The van der Waals surface area contributed by atoms with Gasteiger partial charge in [0, 0.05) is 43.6 Å². The zero-order valence-electron chi connectivity index (χ0n) is 18.8. The summed E-state index contributed by atoms with van der Waals surface area (Å²) in [6.07, 6.45) is 4.19. The number of aromatic nitrogens is 2. The van der Waals surface area contributed by atoms with Crippen LogP contribution in [0.5, 0.6) is 0 Å². The number of aryl methyl sites for hydroxylation is 1. The zero-order chi connectivity index (χ0) is 24.5. The molecule has 5 rings (SSSR count). The maximum absolute atomic E-state index is 6.27. The van der Waals surface area contributed by atoms with Crippen molar-refractivity contribution in [2.45, 2.75) is 13.3 Å². The minimum atomic E-state index is 0.405. The van der Waals surface area contributed by atoms with E-state index in [0.29, 0.717) is 28.0 Å². The first kappa shape index (κ1) is 24.0. The highest BCUT2D eigenvalue weighted by Crippen LogP contribution is 2.30. The molecule has 1 aromatic heterocycles. The van der Waals surface area contributed by atoms with Gasteiger partial charge in [0.2, 0.25) is 0 Å². The van der Waals surface area contributed by atoms with Crippen LogP contribution >= 0.6 is 47.0 Å². The fourth-order valence-corrected chi connectivity index (χ4v) is 5.24. The fourth-order valence-electron chi connectivity index (χ4n) is 4.07. The van der Waals surface area contributed by atoms with Crippen LogP contribution in [0, 0.1) is 6.92 Å². The van der Waals surface area contributed by atoms with Crippen LogP contribution in [-0.2, 0) is 6.42 Å². The van der Waals surface area contributed by atoms with Gasteiger partial charge >= 0.3 is 0 Å². The van der Waals surface area contributed by atoms with Crippen molar-refractivity contribution in [3.8, 4) is 5.69 Å². The Morgan fingerprint density at radius 3 is 2.46 bits per heavy atom. The molecule has 0 N–H and O–H groups in total. The molecule has 0 saturated heterocycles. The summed E-state index contributed by atoms with van der Waals surface area (Å²) in [5.41, 5.74) is 6.16. The molecular formula is C28H20Cl3N3S. The van der Waals surface area contributed by atoms with Crippen LogP contribution in [0.1, 0.15) is 16.7 Å². The van der Waals surface area contributed by atoms with Gasteiger partial charge in [0.1, 0.15) is 6.33 Å². The van der Waals surface area contributed by atoms with Crippen LogP contribution in [0.25, 0.3) is 27.5 Å². The fraction of sp³-hybridized carbons (Fsp3) is 0.107. The first-order chi connectivity index (χ1) is 16.9. The van der Waals surface area contributed by atoms with Gasteiger partial charge in [0.25, 0.3) is 0 Å². The molecule has 0 amide bonds. The molecule has 0 aliphatic heterocycles. The molecule has 3 nitrogen and oxygen atoms in total. The lowest BCUT2D eigenvalue weighted by molar-refractivity contribution is 1.09. The molecular weight excluding hydrogens is 517 g/mol. The summed E-state index contributed by atoms with van der Waals surface area (Å²) in [7, 11) is 0. The quantitative estimate of drug-likeness (QED) is 0.161. The van der Waals surface area contributed by atoms with Crippen molar-refractivity contribution in [2.75, 3.05) is 6.54 Å². The van der Waals surface area contributed by atoms with E-state index in [1.807, 2.05) is 18.6 Å². The second-order valence-electron chi connectivity index (χ2n) is 8.40. The van der Waals surface area contributed by atoms with Gasteiger partial charge in [-0.3, -0.25) is 9.56 Å². The van der Waals surface area contributed by atoms with Crippen molar-refractivity contribution in [2.24, 2.45) is 4.99 Å². The Labute approximate surface area is 224 Å². The Hall–Kier alpha value is -2.76. The van der Waals surface area contributed by atoms with E-state index in [0.717, 1.165) is 43.5 Å². The molecule has 0 aliphatic rings. The SMILES string of the molecule is Cc1ccc(-n2cnc3c4ccc(C=NCC(=S)Cc5c(Cl)cc(Cl)cc5Cl)cc4ccc32)cc1. The number of nitrogens with zero attached hydrogens (tertiary/aromatic N) is 3. The molecule has 0 fully saturated rings. The summed E-state index contributed by atoms with van der Waals surface area (Å²) in [6, 6.07) is 22.3. The molecule has 0 saturated carbocycles. The summed E-state index contributed by atoms with van der Waals surface area (Å²) in [5.74, 6) is 0. The minimum absolute atomic E-state index is 0.405. The average Bonchev–Trinajstić information content (AvgIpc) is 3.26. The molecule has 7 heteroatoms. The molecule has 0 spiro atoms. The van der Waals surface area contributed by atoms with Gasteiger partial charge in [0.05, 0.1) is 17.6 Å². The Kier molecular flexibility index (Phi) is 6.90. The van der Waals surface area contributed by atoms with E-state index in [9.17, 15) is 0 Å². The molecule has 4 aromatic carbocycles. The Bertz CT molecular complexity index is 1580. The molecule has 0 unspecified atom stereocenters. The van der Waals surface area contributed by atoms with Crippen LogP contribution in [-0.4, -0.2) is 27.2 Å². The van der Waals surface area contributed by atoms with Crippen molar-refractivity contribution in [3.63, 3.8) is 0 Å². The summed E-state index contributed by atoms with van der Waals surface area (Å²) < 4.78 is 2.11. The number of hydrogen-bond donors (Lipinski definition) is 0. The number of imidazole rings is 1. The second kappa shape index (κ2) is 10.1. The number of halogens is 3. The number of hydrogen-bond acceptors (Lipinski definition) is 3. The van der Waals surface area contributed by atoms with Crippen molar-refractivity contribution >= 4 is 79.9 Å². The third-order valence-electron chi connectivity index (χ3n) is 5.86. The summed E-state index contributed by atoms with van der Waals surface area (Å²) in [4.78, 5) is 9.99. The number of aliphatic imine (C=N–C) groups is 1. The molecule has 0 aliphatic carbocycles. The Balaban J connectivity index is 1.34. The van der Waals surface area contributed by atoms with Gasteiger partial charge in [-0.05, 0) is 59.8 Å². The predicted octanol–water partition coefficient (Wildman–Crippen LogP) is 8.48.